The van der Waals surface area contributed by atoms with Crippen LogP contribution in [0, 0.1) is 6.92 Å². The molecule has 0 spiro atoms. The summed E-state index contributed by atoms with van der Waals surface area (Å²) in [7, 11) is 0. The fourth-order valence-corrected chi connectivity index (χ4v) is 2.16. The van der Waals surface area contributed by atoms with Gasteiger partial charge < -0.3 is 11.1 Å². The Balaban J connectivity index is 2.25. The number of nitrogen functional groups attached to an aromatic ring is 1. The molecule has 1 heterocycles. The van der Waals surface area contributed by atoms with Crippen molar-refractivity contribution in [1.82, 2.24) is 4.98 Å². The number of hydrogen-bond acceptors (Lipinski definition) is 3. The van der Waals surface area contributed by atoms with Gasteiger partial charge in [-0.2, -0.15) is 0 Å². The van der Waals surface area contributed by atoms with Crippen LogP contribution < -0.4 is 11.1 Å². The Hall–Kier alpha value is -1.59. The van der Waals surface area contributed by atoms with E-state index in [0.29, 0.717) is 27.8 Å². The number of nitrogens with one attached hydrogen (secondary N) is 1. The molecule has 3 N–H and O–H groups in total. The first kappa shape index (κ1) is 13.8. The molecule has 2 rings (SSSR count). The van der Waals surface area contributed by atoms with E-state index in [4.69, 9.17) is 17.3 Å². The van der Waals surface area contributed by atoms with Gasteiger partial charge in [-0.25, -0.2) is 4.98 Å². The van der Waals surface area contributed by atoms with Crippen molar-refractivity contribution in [1.29, 1.82) is 0 Å². The summed E-state index contributed by atoms with van der Waals surface area (Å²) in [5, 5.41) is 3.15. The summed E-state index contributed by atoms with van der Waals surface area (Å²) in [6.45, 7) is 1.77. The molecule has 0 bridgehead atoms. The first-order valence-electron chi connectivity index (χ1n) is 5.47. The van der Waals surface area contributed by atoms with Gasteiger partial charge in [-0.05, 0) is 37.3 Å². The molecule has 4 nitrogen and oxygen atoms in total. The summed E-state index contributed by atoms with van der Waals surface area (Å²) in [6, 6.07) is 8.43. The summed E-state index contributed by atoms with van der Waals surface area (Å²) in [5.41, 5.74) is 7.89. The van der Waals surface area contributed by atoms with E-state index >= 15 is 0 Å². The van der Waals surface area contributed by atoms with Crippen LogP contribution >= 0.6 is 27.5 Å². The average Bonchev–Trinajstić information content (AvgIpc) is 2.32. The maximum absolute atomic E-state index is 12.1. The van der Waals surface area contributed by atoms with E-state index in [1.54, 1.807) is 37.3 Å². The van der Waals surface area contributed by atoms with Crippen LogP contribution in [0.4, 0.5) is 11.4 Å². The highest BCUT2D eigenvalue weighted by Crippen LogP contribution is 2.21. The zero-order valence-electron chi connectivity index (χ0n) is 10.1. The molecule has 0 saturated carbocycles. The molecule has 98 valence electrons. The lowest BCUT2D eigenvalue weighted by Crippen LogP contribution is -2.15. The normalized spacial score (nSPS) is 10.3. The van der Waals surface area contributed by atoms with E-state index in [2.05, 4.69) is 26.2 Å². The number of anilines is 2. The number of rotatable bonds is 2. The molecule has 0 aliphatic heterocycles. The van der Waals surface area contributed by atoms with E-state index in [1.165, 1.54) is 0 Å². The molecule has 0 radical (unpaired) electrons. The van der Waals surface area contributed by atoms with Crippen molar-refractivity contribution < 1.29 is 4.79 Å². The second-order valence-corrected chi connectivity index (χ2v) is 5.26. The van der Waals surface area contributed by atoms with Crippen LogP contribution in [0.1, 0.15) is 16.1 Å². The Morgan fingerprint density at radius 2 is 2.11 bits per heavy atom. The van der Waals surface area contributed by atoms with Gasteiger partial charge in [-0.1, -0.05) is 27.5 Å². The zero-order chi connectivity index (χ0) is 14.0. The van der Waals surface area contributed by atoms with E-state index < -0.39 is 0 Å². The lowest BCUT2D eigenvalue weighted by Gasteiger charge is -2.09. The molecular weight excluding hydrogens is 330 g/mol. The van der Waals surface area contributed by atoms with Gasteiger partial charge in [0.25, 0.3) is 5.91 Å². The van der Waals surface area contributed by atoms with Gasteiger partial charge in [-0.3, -0.25) is 4.79 Å². The third-order valence-electron chi connectivity index (χ3n) is 2.56. The standard InChI is InChI=1S/C13H11BrClN3O/c1-7-11(4-5-12(15)17-7)18-13(19)9-3-2-8(14)6-10(9)16/h2-6H,16H2,1H3,(H,18,19). The van der Waals surface area contributed by atoms with Gasteiger partial charge in [0.05, 0.1) is 16.9 Å². The second-order valence-electron chi connectivity index (χ2n) is 3.95. The van der Waals surface area contributed by atoms with E-state index in [-0.39, 0.29) is 5.91 Å². The van der Waals surface area contributed by atoms with E-state index in [0.717, 1.165) is 4.47 Å². The molecule has 2 aromatic rings. The summed E-state index contributed by atoms with van der Waals surface area (Å²) in [6.07, 6.45) is 0. The Morgan fingerprint density at radius 3 is 2.74 bits per heavy atom. The summed E-state index contributed by atoms with van der Waals surface area (Å²) in [5.74, 6) is -0.280. The fourth-order valence-electron chi connectivity index (χ4n) is 1.59. The predicted octanol–water partition coefficient (Wildman–Crippen LogP) is 3.64. The minimum absolute atomic E-state index is 0.280. The lowest BCUT2D eigenvalue weighted by molar-refractivity contribution is 0.102. The quantitative estimate of drug-likeness (QED) is 0.648. The molecule has 0 aliphatic rings. The van der Waals surface area contributed by atoms with Crippen molar-refractivity contribution in [3.63, 3.8) is 0 Å². The van der Waals surface area contributed by atoms with Crippen LogP contribution in [0.15, 0.2) is 34.8 Å². The molecule has 1 aromatic heterocycles. The molecule has 6 heteroatoms. The number of carbonyl (C=O) groups is 1. The number of halogens is 2. The molecule has 1 aromatic carbocycles. The first-order valence-corrected chi connectivity index (χ1v) is 6.64. The van der Waals surface area contributed by atoms with Gasteiger partial charge >= 0.3 is 0 Å². The topological polar surface area (TPSA) is 68.0 Å². The SMILES string of the molecule is Cc1nc(Cl)ccc1NC(=O)c1ccc(Br)cc1N. The summed E-state index contributed by atoms with van der Waals surface area (Å²) in [4.78, 5) is 16.2. The first-order chi connectivity index (χ1) is 8.97. The number of hydrogen-bond donors (Lipinski definition) is 2. The number of carbonyl (C=O) groups excluding carboxylic acids is 1. The van der Waals surface area contributed by atoms with Gasteiger partial charge in [0, 0.05) is 10.2 Å². The summed E-state index contributed by atoms with van der Waals surface area (Å²) < 4.78 is 0.825. The van der Waals surface area contributed by atoms with Crippen LogP contribution in [-0.4, -0.2) is 10.9 Å². The molecule has 0 fully saturated rings. The zero-order valence-corrected chi connectivity index (χ0v) is 12.4. The number of benzene rings is 1. The lowest BCUT2D eigenvalue weighted by atomic mass is 10.1. The van der Waals surface area contributed by atoms with Crippen molar-refractivity contribution in [2.24, 2.45) is 0 Å². The fraction of sp³-hybridized carbons (Fsp3) is 0.0769. The largest absolute Gasteiger partial charge is 0.398 e. The van der Waals surface area contributed by atoms with Crippen molar-refractivity contribution >= 4 is 44.8 Å². The highest BCUT2D eigenvalue weighted by atomic mass is 79.9. The average molecular weight is 341 g/mol. The van der Waals surface area contributed by atoms with Gasteiger partial charge in [0.1, 0.15) is 5.15 Å². The molecule has 0 aliphatic carbocycles. The minimum atomic E-state index is -0.280. The molecular formula is C13H11BrClN3O. The number of nitrogens with zero attached hydrogens (tertiary/aromatic N) is 1. The Labute approximate surface area is 124 Å². The molecule has 0 saturated heterocycles. The second kappa shape index (κ2) is 5.59. The third-order valence-corrected chi connectivity index (χ3v) is 3.26. The highest BCUT2D eigenvalue weighted by Gasteiger charge is 2.11. The smallest absolute Gasteiger partial charge is 0.257 e. The van der Waals surface area contributed by atoms with Crippen LogP contribution in [0.2, 0.25) is 5.15 Å². The molecule has 1 amide bonds. The predicted molar refractivity (Wildman–Crippen MR) is 80.5 cm³/mol. The molecule has 19 heavy (non-hydrogen) atoms. The van der Waals surface area contributed by atoms with Gasteiger partial charge in [0.15, 0.2) is 0 Å². The van der Waals surface area contributed by atoms with Crippen LogP contribution in [0.25, 0.3) is 0 Å². The van der Waals surface area contributed by atoms with Crippen molar-refractivity contribution in [3.8, 4) is 0 Å². The van der Waals surface area contributed by atoms with E-state index in [1.807, 2.05) is 0 Å². The Morgan fingerprint density at radius 1 is 1.37 bits per heavy atom. The molecule has 0 unspecified atom stereocenters. The van der Waals surface area contributed by atoms with Crippen molar-refractivity contribution in [2.75, 3.05) is 11.1 Å². The highest BCUT2D eigenvalue weighted by molar-refractivity contribution is 9.10. The number of amides is 1. The van der Waals surface area contributed by atoms with E-state index in [9.17, 15) is 4.79 Å². The monoisotopic (exact) mass is 339 g/mol. The minimum Gasteiger partial charge on any atom is -0.398 e. The number of pyridine rings is 1. The molecule has 0 atom stereocenters. The number of aromatic nitrogens is 1. The maximum Gasteiger partial charge on any atom is 0.257 e. The maximum atomic E-state index is 12.1. The number of aryl methyl sites for hydroxylation is 1. The van der Waals surface area contributed by atoms with Crippen molar-refractivity contribution in [2.45, 2.75) is 6.92 Å². The number of nitrogens with two attached hydrogens (primary N) is 1. The van der Waals surface area contributed by atoms with Crippen molar-refractivity contribution in [3.05, 3.63) is 51.2 Å². The third kappa shape index (κ3) is 3.24. The van der Waals surface area contributed by atoms with Gasteiger partial charge in [0.2, 0.25) is 0 Å². The Bertz CT molecular complexity index is 646. The van der Waals surface area contributed by atoms with Crippen LogP contribution in [0.5, 0.6) is 0 Å². The van der Waals surface area contributed by atoms with Gasteiger partial charge in [-0.15, -0.1) is 0 Å². The summed E-state index contributed by atoms with van der Waals surface area (Å²) >= 11 is 9.06. The van der Waals surface area contributed by atoms with Crippen LogP contribution in [0.3, 0.4) is 0 Å². The Kier molecular flexibility index (Phi) is 4.07. The van der Waals surface area contributed by atoms with Crippen LogP contribution in [-0.2, 0) is 0 Å².